The molecule has 0 fully saturated rings. The highest BCUT2D eigenvalue weighted by Crippen LogP contribution is 2.28. The van der Waals surface area contributed by atoms with Crippen molar-refractivity contribution in [3.05, 3.63) is 71.4 Å². The Morgan fingerprint density at radius 2 is 1.87 bits per heavy atom. The number of hydrogen-bond acceptors (Lipinski definition) is 3. The molecule has 5 heteroatoms. The van der Waals surface area contributed by atoms with Crippen molar-refractivity contribution in [1.82, 2.24) is 15.0 Å². The first kappa shape index (κ1) is 15.0. The molecule has 1 aromatic heterocycles. The van der Waals surface area contributed by atoms with Crippen LogP contribution in [0.3, 0.4) is 0 Å². The van der Waals surface area contributed by atoms with E-state index in [9.17, 15) is 9.90 Å². The molecule has 2 aromatic carbocycles. The number of aryl methyl sites for hydroxylation is 1. The molecule has 0 spiro atoms. The maximum absolute atomic E-state index is 11.5. The summed E-state index contributed by atoms with van der Waals surface area (Å²) in [7, 11) is 0. The summed E-state index contributed by atoms with van der Waals surface area (Å²) >= 11 is 0. The second-order valence-electron chi connectivity index (χ2n) is 5.49. The summed E-state index contributed by atoms with van der Waals surface area (Å²) in [5.41, 5.74) is 3.40. The first-order valence-electron chi connectivity index (χ1n) is 7.38. The Labute approximate surface area is 134 Å². The first-order chi connectivity index (χ1) is 11.1. The van der Waals surface area contributed by atoms with Crippen molar-refractivity contribution in [3.8, 4) is 11.3 Å². The molecule has 1 N–H and O–H groups in total. The number of hydrogen-bond donors (Lipinski definition) is 1. The third-order valence-electron chi connectivity index (χ3n) is 3.84. The van der Waals surface area contributed by atoms with E-state index >= 15 is 0 Å². The van der Waals surface area contributed by atoms with Crippen LogP contribution < -0.4 is 0 Å². The number of benzene rings is 2. The molecule has 116 valence electrons. The molecule has 3 rings (SSSR count). The molecule has 0 saturated heterocycles. The zero-order valence-electron chi connectivity index (χ0n) is 13.0. The normalized spacial score (nSPS) is 12.1. The van der Waals surface area contributed by atoms with E-state index in [1.807, 2.05) is 68.4 Å². The van der Waals surface area contributed by atoms with Gasteiger partial charge in [-0.05, 0) is 25.5 Å². The second kappa shape index (κ2) is 6.04. The van der Waals surface area contributed by atoms with Gasteiger partial charge in [-0.1, -0.05) is 59.3 Å². The minimum Gasteiger partial charge on any atom is -0.476 e. The summed E-state index contributed by atoms with van der Waals surface area (Å²) in [6, 6.07) is 17.4. The zero-order chi connectivity index (χ0) is 16.4. The predicted molar refractivity (Wildman–Crippen MR) is 87.4 cm³/mol. The minimum atomic E-state index is -1.08. The molecule has 5 nitrogen and oxygen atoms in total. The number of carbonyl (C=O) groups is 1. The fourth-order valence-electron chi connectivity index (χ4n) is 2.64. The van der Waals surface area contributed by atoms with Gasteiger partial charge < -0.3 is 5.11 Å². The summed E-state index contributed by atoms with van der Waals surface area (Å²) in [6.45, 7) is 3.95. The molecular formula is C18H17N3O2. The van der Waals surface area contributed by atoms with Crippen LogP contribution in [0.5, 0.6) is 0 Å². The number of aromatic carboxylic acids is 1. The second-order valence-corrected chi connectivity index (χ2v) is 5.49. The van der Waals surface area contributed by atoms with E-state index in [4.69, 9.17) is 0 Å². The Balaban J connectivity index is 2.17. The summed E-state index contributed by atoms with van der Waals surface area (Å²) in [4.78, 5) is 11.5. The third-order valence-corrected chi connectivity index (χ3v) is 3.84. The van der Waals surface area contributed by atoms with Gasteiger partial charge in [-0.25, -0.2) is 9.48 Å². The fourth-order valence-corrected chi connectivity index (χ4v) is 2.64. The number of rotatable bonds is 4. The monoisotopic (exact) mass is 307 g/mol. The average Bonchev–Trinajstić information content (AvgIpc) is 3.00. The lowest BCUT2D eigenvalue weighted by molar-refractivity contribution is 0.0691. The topological polar surface area (TPSA) is 68.0 Å². The van der Waals surface area contributed by atoms with Crippen LogP contribution in [0.4, 0.5) is 0 Å². The van der Waals surface area contributed by atoms with Crippen molar-refractivity contribution in [2.45, 2.75) is 19.9 Å². The molecule has 0 radical (unpaired) electrons. The van der Waals surface area contributed by atoms with Gasteiger partial charge >= 0.3 is 5.97 Å². The molecule has 0 saturated carbocycles. The van der Waals surface area contributed by atoms with Gasteiger partial charge in [0.1, 0.15) is 5.69 Å². The van der Waals surface area contributed by atoms with E-state index in [0.717, 1.165) is 16.7 Å². The summed E-state index contributed by atoms with van der Waals surface area (Å²) < 4.78 is 1.67. The Bertz CT molecular complexity index is 840. The van der Waals surface area contributed by atoms with Gasteiger partial charge in [-0.15, -0.1) is 5.10 Å². The number of nitrogens with zero attached hydrogens (tertiary/aromatic N) is 3. The standard InChI is InChI=1S/C18H17N3O2/c1-12-7-6-10-15(11-12)17-16(18(22)23)19-20-21(17)13(2)14-8-4-3-5-9-14/h3-11,13H,1-2H3,(H,22,23). The van der Waals surface area contributed by atoms with E-state index < -0.39 is 5.97 Å². The van der Waals surface area contributed by atoms with Gasteiger partial charge in [0.15, 0.2) is 5.69 Å². The number of carboxylic acid groups (broad SMARTS) is 1. The van der Waals surface area contributed by atoms with Gasteiger partial charge in [0.25, 0.3) is 0 Å². The van der Waals surface area contributed by atoms with Crippen LogP contribution in [0.1, 0.15) is 34.6 Å². The Kier molecular flexibility index (Phi) is 3.93. The molecule has 1 unspecified atom stereocenters. The number of carboxylic acids is 1. The fraction of sp³-hybridized carbons (Fsp3) is 0.167. The van der Waals surface area contributed by atoms with Gasteiger partial charge in [0, 0.05) is 5.56 Å². The van der Waals surface area contributed by atoms with E-state index in [2.05, 4.69) is 10.3 Å². The van der Waals surface area contributed by atoms with Crippen molar-refractivity contribution in [2.75, 3.05) is 0 Å². The summed E-state index contributed by atoms with van der Waals surface area (Å²) in [5, 5.41) is 17.4. The molecule has 1 heterocycles. The lowest BCUT2D eigenvalue weighted by Crippen LogP contribution is -2.11. The molecular weight excluding hydrogens is 290 g/mol. The van der Waals surface area contributed by atoms with Crippen LogP contribution in [0.2, 0.25) is 0 Å². The van der Waals surface area contributed by atoms with Crippen LogP contribution >= 0.6 is 0 Å². The van der Waals surface area contributed by atoms with Gasteiger partial charge in [-0.2, -0.15) is 0 Å². The molecule has 0 aliphatic rings. The minimum absolute atomic E-state index is 0.0293. The predicted octanol–water partition coefficient (Wildman–Crippen LogP) is 3.56. The summed E-state index contributed by atoms with van der Waals surface area (Å²) in [6.07, 6.45) is 0. The Morgan fingerprint density at radius 3 is 2.52 bits per heavy atom. The Morgan fingerprint density at radius 1 is 1.13 bits per heavy atom. The summed E-state index contributed by atoms with van der Waals surface area (Å²) in [5.74, 6) is -1.08. The first-order valence-corrected chi connectivity index (χ1v) is 7.38. The zero-order valence-corrected chi connectivity index (χ0v) is 13.0. The molecule has 0 bridgehead atoms. The van der Waals surface area contributed by atoms with Crippen molar-refractivity contribution in [2.24, 2.45) is 0 Å². The molecule has 0 aliphatic heterocycles. The average molecular weight is 307 g/mol. The molecule has 3 aromatic rings. The smallest absolute Gasteiger partial charge is 0.358 e. The molecule has 1 atom stereocenters. The van der Waals surface area contributed by atoms with Crippen LogP contribution in [-0.2, 0) is 0 Å². The maximum Gasteiger partial charge on any atom is 0.358 e. The molecule has 0 amide bonds. The highest BCUT2D eigenvalue weighted by molar-refractivity contribution is 5.92. The van der Waals surface area contributed by atoms with Gasteiger partial charge in [0.05, 0.1) is 6.04 Å². The molecule has 23 heavy (non-hydrogen) atoms. The van der Waals surface area contributed by atoms with Crippen molar-refractivity contribution >= 4 is 5.97 Å². The quantitative estimate of drug-likeness (QED) is 0.800. The van der Waals surface area contributed by atoms with E-state index in [-0.39, 0.29) is 11.7 Å². The van der Waals surface area contributed by atoms with Crippen molar-refractivity contribution in [1.29, 1.82) is 0 Å². The van der Waals surface area contributed by atoms with Crippen LogP contribution in [0, 0.1) is 6.92 Å². The lowest BCUT2D eigenvalue weighted by atomic mass is 10.0. The molecule has 0 aliphatic carbocycles. The maximum atomic E-state index is 11.5. The Hall–Kier alpha value is -2.95. The lowest BCUT2D eigenvalue weighted by Gasteiger charge is -2.15. The van der Waals surface area contributed by atoms with E-state index in [0.29, 0.717) is 5.69 Å². The third kappa shape index (κ3) is 2.85. The van der Waals surface area contributed by atoms with Crippen LogP contribution in [0.25, 0.3) is 11.3 Å². The van der Waals surface area contributed by atoms with Crippen LogP contribution in [0.15, 0.2) is 54.6 Å². The van der Waals surface area contributed by atoms with E-state index in [1.165, 1.54) is 0 Å². The van der Waals surface area contributed by atoms with Crippen molar-refractivity contribution in [3.63, 3.8) is 0 Å². The highest BCUT2D eigenvalue weighted by Gasteiger charge is 2.23. The number of aromatic nitrogens is 3. The van der Waals surface area contributed by atoms with Crippen molar-refractivity contribution < 1.29 is 9.90 Å². The van der Waals surface area contributed by atoms with Gasteiger partial charge in [-0.3, -0.25) is 0 Å². The highest BCUT2D eigenvalue weighted by atomic mass is 16.4. The largest absolute Gasteiger partial charge is 0.476 e. The van der Waals surface area contributed by atoms with Crippen LogP contribution in [-0.4, -0.2) is 26.1 Å². The van der Waals surface area contributed by atoms with E-state index in [1.54, 1.807) is 4.68 Å². The SMILES string of the molecule is Cc1cccc(-c2c(C(=O)O)nnn2C(C)c2ccccc2)c1. The van der Waals surface area contributed by atoms with Gasteiger partial charge in [0.2, 0.25) is 0 Å².